The van der Waals surface area contributed by atoms with Gasteiger partial charge >= 0.3 is 0 Å². The first-order chi connectivity index (χ1) is 9.68. The highest BCUT2D eigenvalue weighted by Gasteiger charge is 2.23. The zero-order chi connectivity index (χ0) is 14.4. The number of benzene rings is 1. The fraction of sp³-hybridized carbons (Fsp3) is 0.533. The smallest absolute Gasteiger partial charge is 0.239 e. The number of likely N-dealkylation sites (N-methyl/N-ethyl adjacent to an activating group) is 1. The van der Waals surface area contributed by atoms with Crippen molar-refractivity contribution in [2.45, 2.75) is 25.3 Å². The van der Waals surface area contributed by atoms with Crippen molar-refractivity contribution in [3.8, 4) is 5.75 Å². The molecule has 2 rings (SSSR count). The molecule has 21 heavy (non-hydrogen) atoms. The fourth-order valence-corrected chi connectivity index (χ4v) is 2.48. The van der Waals surface area contributed by atoms with Crippen molar-refractivity contribution in [2.75, 3.05) is 26.7 Å². The van der Waals surface area contributed by atoms with Crippen LogP contribution in [0.25, 0.3) is 0 Å². The first-order valence-corrected chi connectivity index (χ1v) is 7.42. The second-order valence-electron chi connectivity index (χ2n) is 5.04. The van der Waals surface area contributed by atoms with E-state index in [9.17, 15) is 4.79 Å². The summed E-state index contributed by atoms with van der Waals surface area (Å²) in [4.78, 5) is 13.9. The summed E-state index contributed by atoms with van der Waals surface area (Å²) in [6.45, 7) is 1.93. The third-order valence-electron chi connectivity index (χ3n) is 3.51. The topological polar surface area (TPSA) is 41.6 Å². The van der Waals surface area contributed by atoms with E-state index in [0.717, 1.165) is 25.8 Å². The van der Waals surface area contributed by atoms with Gasteiger partial charge in [-0.1, -0.05) is 30.2 Å². The molecule has 0 saturated carbocycles. The maximum absolute atomic E-state index is 12.2. The number of nitrogens with zero attached hydrogens (tertiary/aromatic N) is 1. The van der Waals surface area contributed by atoms with E-state index in [1.807, 2.05) is 25.2 Å². The van der Waals surface area contributed by atoms with Gasteiger partial charge in [0.05, 0.1) is 17.6 Å². The van der Waals surface area contributed by atoms with Crippen molar-refractivity contribution in [3.63, 3.8) is 0 Å². The second-order valence-corrected chi connectivity index (χ2v) is 5.45. The number of ether oxygens (including phenoxy) is 1. The molecule has 1 fully saturated rings. The first-order valence-electron chi connectivity index (χ1n) is 7.04. The van der Waals surface area contributed by atoms with E-state index in [1.165, 1.54) is 0 Å². The molecule has 1 aromatic rings. The largest absolute Gasteiger partial charge is 0.490 e. The lowest BCUT2D eigenvalue weighted by molar-refractivity contribution is -0.133. The normalized spacial score (nSPS) is 17.7. The Labute approximate surface area is 137 Å². The molecule has 1 N–H and O–H groups in total. The van der Waals surface area contributed by atoms with E-state index in [4.69, 9.17) is 16.3 Å². The number of halogens is 2. The molecule has 1 amide bonds. The molecule has 0 spiro atoms. The van der Waals surface area contributed by atoms with Crippen LogP contribution in [-0.4, -0.2) is 43.6 Å². The Balaban J connectivity index is 0.00000220. The summed E-state index contributed by atoms with van der Waals surface area (Å²) in [5, 5.41) is 3.86. The Morgan fingerprint density at radius 1 is 1.43 bits per heavy atom. The number of rotatable bonds is 5. The Hall–Kier alpha value is -0.970. The molecule has 0 bridgehead atoms. The molecular formula is C15H22Cl2N2O2. The van der Waals surface area contributed by atoms with Crippen molar-refractivity contribution < 1.29 is 9.53 Å². The van der Waals surface area contributed by atoms with Crippen LogP contribution in [0.15, 0.2) is 24.3 Å². The van der Waals surface area contributed by atoms with Gasteiger partial charge in [-0.25, -0.2) is 0 Å². The third-order valence-corrected chi connectivity index (χ3v) is 3.82. The highest BCUT2D eigenvalue weighted by Crippen LogP contribution is 2.22. The summed E-state index contributed by atoms with van der Waals surface area (Å²) >= 11 is 6.01. The minimum absolute atomic E-state index is 0. The van der Waals surface area contributed by atoms with Gasteiger partial charge in [0.15, 0.2) is 0 Å². The summed E-state index contributed by atoms with van der Waals surface area (Å²) in [7, 11) is 1.81. The summed E-state index contributed by atoms with van der Waals surface area (Å²) < 4.78 is 5.60. The van der Waals surface area contributed by atoms with E-state index in [0.29, 0.717) is 23.9 Å². The minimum Gasteiger partial charge on any atom is -0.490 e. The molecule has 118 valence electrons. The molecule has 0 aromatic heterocycles. The number of hydrogen-bond donors (Lipinski definition) is 1. The Kier molecular flexibility index (Phi) is 7.86. The predicted molar refractivity (Wildman–Crippen MR) is 87.5 cm³/mol. The molecule has 1 aliphatic rings. The Morgan fingerprint density at radius 2 is 2.19 bits per heavy atom. The molecule has 1 heterocycles. The predicted octanol–water partition coefficient (Wildman–Crippen LogP) is 2.74. The lowest BCUT2D eigenvalue weighted by Gasteiger charge is -2.27. The van der Waals surface area contributed by atoms with Crippen LogP contribution in [0.4, 0.5) is 0 Å². The maximum atomic E-state index is 12.2. The highest BCUT2D eigenvalue weighted by molar-refractivity contribution is 6.32. The van der Waals surface area contributed by atoms with Gasteiger partial charge in [0.25, 0.3) is 0 Å². The van der Waals surface area contributed by atoms with Crippen LogP contribution in [-0.2, 0) is 4.79 Å². The number of carbonyl (C=O) groups is 1. The van der Waals surface area contributed by atoms with Gasteiger partial charge in [-0.3, -0.25) is 4.79 Å². The number of piperidine rings is 1. The molecule has 0 radical (unpaired) electrons. The van der Waals surface area contributed by atoms with Crippen molar-refractivity contribution in [1.29, 1.82) is 0 Å². The van der Waals surface area contributed by atoms with Crippen molar-refractivity contribution in [3.05, 3.63) is 29.3 Å². The van der Waals surface area contributed by atoms with E-state index in [1.54, 1.807) is 11.0 Å². The van der Waals surface area contributed by atoms with Crippen molar-refractivity contribution >= 4 is 29.9 Å². The molecule has 1 aliphatic heterocycles. The molecule has 0 aliphatic carbocycles. The molecule has 4 nitrogen and oxygen atoms in total. The molecular weight excluding hydrogens is 311 g/mol. The average Bonchev–Trinajstić information content (AvgIpc) is 2.49. The fourth-order valence-electron chi connectivity index (χ4n) is 2.29. The highest BCUT2D eigenvalue weighted by atomic mass is 35.5. The minimum atomic E-state index is -0.0333. The number of hydrogen-bond acceptors (Lipinski definition) is 3. The summed E-state index contributed by atoms with van der Waals surface area (Å²) in [6, 6.07) is 7.32. The standard InChI is InChI=1S/C15H21ClN2O2.ClH/c1-18(15(19)13-7-4-5-9-17-13)10-11-20-14-8-3-2-6-12(14)16;/h2-3,6,8,13,17H,4-5,7,9-11H2,1H3;1H. The van der Waals surface area contributed by atoms with E-state index < -0.39 is 0 Å². The number of carbonyl (C=O) groups excluding carboxylic acids is 1. The van der Waals surface area contributed by atoms with Crippen molar-refractivity contribution in [2.24, 2.45) is 0 Å². The Bertz CT molecular complexity index is 451. The SMILES string of the molecule is CN(CCOc1ccccc1Cl)C(=O)C1CCCCN1.Cl. The molecule has 1 aromatic carbocycles. The summed E-state index contributed by atoms with van der Waals surface area (Å²) in [6.07, 6.45) is 3.20. The van der Waals surface area contributed by atoms with Crippen LogP contribution in [0.5, 0.6) is 5.75 Å². The molecule has 1 atom stereocenters. The van der Waals surface area contributed by atoms with Crippen LogP contribution >= 0.6 is 24.0 Å². The van der Waals surface area contributed by atoms with Crippen LogP contribution < -0.4 is 10.1 Å². The van der Waals surface area contributed by atoms with Crippen LogP contribution in [0.3, 0.4) is 0 Å². The van der Waals surface area contributed by atoms with E-state index in [2.05, 4.69) is 5.32 Å². The first kappa shape index (κ1) is 18.1. The lowest BCUT2D eigenvalue weighted by Crippen LogP contribution is -2.48. The number of para-hydroxylation sites is 1. The number of nitrogens with one attached hydrogen (secondary N) is 1. The Morgan fingerprint density at radius 3 is 2.86 bits per heavy atom. The zero-order valence-corrected chi connectivity index (χ0v) is 13.8. The lowest BCUT2D eigenvalue weighted by atomic mass is 10.0. The van der Waals surface area contributed by atoms with Crippen LogP contribution in [0.1, 0.15) is 19.3 Å². The monoisotopic (exact) mass is 332 g/mol. The quantitative estimate of drug-likeness (QED) is 0.901. The second kappa shape index (κ2) is 9.13. The van der Waals surface area contributed by atoms with Gasteiger partial charge in [0.1, 0.15) is 12.4 Å². The van der Waals surface area contributed by atoms with E-state index in [-0.39, 0.29) is 24.4 Å². The van der Waals surface area contributed by atoms with Crippen molar-refractivity contribution in [1.82, 2.24) is 10.2 Å². The summed E-state index contributed by atoms with van der Waals surface area (Å²) in [5.41, 5.74) is 0. The van der Waals surface area contributed by atoms with Gasteiger partial charge in [0.2, 0.25) is 5.91 Å². The zero-order valence-electron chi connectivity index (χ0n) is 12.2. The van der Waals surface area contributed by atoms with Gasteiger partial charge in [-0.2, -0.15) is 0 Å². The molecule has 6 heteroatoms. The van der Waals surface area contributed by atoms with Gasteiger partial charge in [-0.05, 0) is 31.5 Å². The average molecular weight is 333 g/mol. The van der Waals surface area contributed by atoms with Gasteiger partial charge in [-0.15, -0.1) is 12.4 Å². The molecule has 1 saturated heterocycles. The maximum Gasteiger partial charge on any atom is 0.239 e. The van der Waals surface area contributed by atoms with E-state index >= 15 is 0 Å². The number of amides is 1. The molecule has 1 unspecified atom stereocenters. The third kappa shape index (κ3) is 5.38. The summed E-state index contributed by atoms with van der Waals surface area (Å²) in [5.74, 6) is 0.804. The van der Waals surface area contributed by atoms with Crippen LogP contribution in [0.2, 0.25) is 5.02 Å². The van der Waals surface area contributed by atoms with Crippen LogP contribution in [0, 0.1) is 0 Å². The van der Waals surface area contributed by atoms with Gasteiger partial charge in [0, 0.05) is 7.05 Å². The van der Waals surface area contributed by atoms with Gasteiger partial charge < -0.3 is 15.0 Å².